The molecule has 1 aliphatic rings. The Balaban J connectivity index is 0.000000219. The van der Waals surface area contributed by atoms with Crippen LogP contribution in [0, 0.1) is 13.8 Å². The van der Waals surface area contributed by atoms with Gasteiger partial charge in [-0.2, -0.15) is 0 Å². The minimum absolute atomic E-state index is 0.640. The van der Waals surface area contributed by atoms with Gasteiger partial charge in [0.15, 0.2) is 0 Å². The Morgan fingerprint density at radius 3 is 1.92 bits per heavy atom. The van der Waals surface area contributed by atoms with E-state index in [9.17, 15) is 0 Å². The third kappa shape index (κ3) is 4.22. The molecule has 0 N–H and O–H groups in total. The van der Waals surface area contributed by atoms with Gasteiger partial charge in [0.05, 0.1) is 0 Å². The van der Waals surface area contributed by atoms with Crippen molar-refractivity contribution in [1.82, 2.24) is 4.98 Å². The summed E-state index contributed by atoms with van der Waals surface area (Å²) < 4.78 is 0. The predicted octanol–water partition coefficient (Wildman–Crippen LogP) is 7.22. The second kappa shape index (κ2) is 7.74. The van der Waals surface area contributed by atoms with Crippen LogP contribution in [0.4, 0.5) is 0 Å². The zero-order valence-corrected chi connectivity index (χ0v) is 17.2. The van der Waals surface area contributed by atoms with Gasteiger partial charge in [0.1, 0.15) is 0 Å². The quantitative estimate of drug-likeness (QED) is 0.466. The minimum atomic E-state index is 0.640. The van der Waals surface area contributed by atoms with Crippen LogP contribution in [-0.2, 0) is 0 Å². The van der Waals surface area contributed by atoms with Crippen molar-refractivity contribution in [2.24, 2.45) is 0 Å². The largest absolute Gasteiger partial charge is 0.261 e. The van der Waals surface area contributed by atoms with Gasteiger partial charge in [0.2, 0.25) is 0 Å². The maximum Gasteiger partial charge on any atom is 0.0401 e. The highest BCUT2D eigenvalue weighted by molar-refractivity contribution is 8.05. The first-order valence-electron chi connectivity index (χ1n) is 9.00. The first kappa shape index (κ1) is 19.1. The van der Waals surface area contributed by atoms with Gasteiger partial charge in [0, 0.05) is 21.7 Å². The third-order valence-corrected chi connectivity index (χ3v) is 5.56. The van der Waals surface area contributed by atoms with Crippen molar-refractivity contribution in [3.8, 4) is 0 Å². The normalized spacial score (nSPS) is 12.3. The molecule has 2 heteroatoms. The fraction of sp³-hybridized carbons (Fsp3) is 0.500. The molecule has 24 heavy (non-hydrogen) atoms. The molecular formula is C22H31NS. The maximum atomic E-state index is 4.08. The smallest absolute Gasteiger partial charge is 0.0401 e. The average molecular weight is 342 g/mol. The number of benzene rings is 1. The summed E-state index contributed by atoms with van der Waals surface area (Å²) in [5, 5.41) is 0. The first-order valence-corrected chi connectivity index (χ1v) is 9.82. The highest BCUT2D eigenvalue weighted by Crippen LogP contribution is 2.56. The van der Waals surface area contributed by atoms with E-state index in [2.05, 4.69) is 65.6 Å². The molecule has 0 saturated carbocycles. The molecule has 2 aromatic rings. The minimum Gasteiger partial charge on any atom is -0.261 e. The van der Waals surface area contributed by atoms with E-state index in [0.29, 0.717) is 17.8 Å². The first-order chi connectivity index (χ1) is 11.2. The highest BCUT2D eigenvalue weighted by atomic mass is 32.2. The second-order valence-electron chi connectivity index (χ2n) is 7.59. The number of aromatic nitrogens is 1. The lowest BCUT2D eigenvalue weighted by atomic mass is 9.83. The van der Waals surface area contributed by atoms with Crippen LogP contribution in [0.3, 0.4) is 0 Å². The van der Waals surface area contributed by atoms with Crippen molar-refractivity contribution in [1.29, 1.82) is 0 Å². The number of pyridine rings is 1. The second-order valence-corrected chi connectivity index (χ2v) is 8.64. The monoisotopic (exact) mass is 341 g/mol. The Labute approximate surface area is 152 Å². The van der Waals surface area contributed by atoms with Gasteiger partial charge in [-0.25, -0.2) is 0 Å². The Bertz CT molecular complexity index is 693. The van der Waals surface area contributed by atoms with Crippen molar-refractivity contribution in [2.75, 3.05) is 0 Å². The SMILES string of the molecule is CC(C)c1cc2c(c(C(C)C)c1C(C)C)S2.Cc1cccnc1C. The molecule has 0 atom stereocenters. The molecule has 1 nitrogen and oxygen atoms in total. The standard InChI is InChI=1S/C15H22S.C7H9N/c1-8(2)11-7-12-15(16-12)14(10(5)6)13(11)9(3)4;1-6-4-3-5-8-7(6)2/h7-10H,1-6H3;3-5H,1-2H3. The van der Waals surface area contributed by atoms with Crippen LogP contribution in [0.1, 0.15) is 87.2 Å². The zero-order valence-electron chi connectivity index (χ0n) is 16.4. The summed E-state index contributed by atoms with van der Waals surface area (Å²) in [6.45, 7) is 18.0. The molecule has 2 heterocycles. The summed E-state index contributed by atoms with van der Waals surface area (Å²) in [6.07, 6.45) is 1.81. The Morgan fingerprint density at radius 1 is 0.875 bits per heavy atom. The predicted molar refractivity (Wildman–Crippen MR) is 107 cm³/mol. The lowest BCUT2D eigenvalue weighted by Gasteiger charge is -2.21. The topological polar surface area (TPSA) is 12.9 Å². The van der Waals surface area contributed by atoms with Crippen LogP contribution in [0.5, 0.6) is 0 Å². The molecular weight excluding hydrogens is 310 g/mol. The number of fused-ring (bicyclic) bond motifs is 1. The van der Waals surface area contributed by atoms with E-state index in [0.717, 1.165) is 5.69 Å². The van der Waals surface area contributed by atoms with Crippen molar-refractivity contribution in [3.05, 3.63) is 52.3 Å². The zero-order chi connectivity index (χ0) is 18.0. The van der Waals surface area contributed by atoms with Gasteiger partial charge >= 0.3 is 0 Å². The fourth-order valence-corrected chi connectivity index (χ4v) is 4.10. The summed E-state index contributed by atoms with van der Waals surface area (Å²) in [7, 11) is 0. The van der Waals surface area contributed by atoms with Crippen LogP contribution in [0.2, 0.25) is 0 Å². The number of rotatable bonds is 3. The fourth-order valence-electron chi connectivity index (χ4n) is 3.12. The van der Waals surface area contributed by atoms with E-state index < -0.39 is 0 Å². The molecule has 3 rings (SSSR count). The van der Waals surface area contributed by atoms with E-state index in [1.54, 1.807) is 21.6 Å². The molecule has 0 spiro atoms. The van der Waals surface area contributed by atoms with Crippen molar-refractivity contribution >= 4 is 11.8 Å². The van der Waals surface area contributed by atoms with Gasteiger partial charge in [-0.1, -0.05) is 59.4 Å². The van der Waals surface area contributed by atoms with Crippen molar-refractivity contribution in [3.63, 3.8) is 0 Å². The average Bonchev–Trinajstić information content (AvgIpc) is 3.27. The Kier molecular flexibility index (Phi) is 6.14. The lowest BCUT2D eigenvalue weighted by molar-refractivity contribution is 0.732. The van der Waals surface area contributed by atoms with Crippen LogP contribution < -0.4 is 0 Å². The Morgan fingerprint density at radius 2 is 1.50 bits per heavy atom. The van der Waals surface area contributed by atoms with E-state index in [1.165, 1.54) is 10.5 Å². The van der Waals surface area contributed by atoms with Crippen molar-refractivity contribution < 1.29 is 0 Å². The molecule has 0 radical (unpaired) electrons. The van der Waals surface area contributed by atoms with E-state index in [1.807, 2.05) is 30.9 Å². The van der Waals surface area contributed by atoms with Crippen LogP contribution in [0.25, 0.3) is 0 Å². The number of hydrogen-bond donors (Lipinski definition) is 0. The van der Waals surface area contributed by atoms with Gasteiger partial charge in [-0.15, -0.1) is 0 Å². The van der Waals surface area contributed by atoms with E-state index in [4.69, 9.17) is 0 Å². The van der Waals surface area contributed by atoms with Crippen LogP contribution in [0.15, 0.2) is 34.2 Å². The van der Waals surface area contributed by atoms with Gasteiger partial charge in [0.25, 0.3) is 0 Å². The molecule has 0 bridgehead atoms. The number of aryl methyl sites for hydroxylation is 2. The summed E-state index contributed by atoms with van der Waals surface area (Å²) in [4.78, 5) is 7.18. The van der Waals surface area contributed by atoms with Crippen LogP contribution >= 0.6 is 11.8 Å². The third-order valence-electron chi connectivity index (χ3n) is 4.57. The molecule has 1 aromatic carbocycles. The molecule has 1 aromatic heterocycles. The summed E-state index contributed by atoms with van der Waals surface area (Å²) in [6, 6.07) is 6.43. The molecule has 130 valence electrons. The number of nitrogens with zero attached hydrogens (tertiary/aromatic N) is 1. The summed E-state index contributed by atoms with van der Waals surface area (Å²) >= 11 is 1.98. The molecule has 0 aliphatic carbocycles. The Hall–Kier alpha value is -1.28. The maximum absolute atomic E-state index is 4.08. The molecule has 0 amide bonds. The molecule has 0 saturated heterocycles. The van der Waals surface area contributed by atoms with Crippen molar-refractivity contribution in [2.45, 2.75) is 82.9 Å². The molecule has 1 aliphatic heterocycles. The molecule has 0 unspecified atom stereocenters. The van der Waals surface area contributed by atoms with E-state index in [-0.39, 0.29) is 0 Å². The summed E-state index contributed by atoms with van der Waals surface area (Å²) in [5.41, 5.74) is 7.19. The van der Waals surface area contributed by atoms with Gasteiger partial charge < -0.3 is 0 Å². The van der Waals surface area contributed by atoms with Gasteiger partial charge in [-0.3, -0.25) is 4.98 Å². The number of hydrogen-bond acceptors (Lipinski definition) is 2. The highest BCUT2D eigenvalue weighted by Gasteiger charge is 2.30. The lowest BCUT2D eigenvalue weighted by Crippen LogP contribution is -2.04. The van der Waals surface area contributed by atoms with Gasteiger partial charge in [-0.05, 0) is 66.0 Å². The summed E-state index contributed by atoms with van der Waals surface area (Å²) in [5.74, 6) is 1.93. The van der Waals surface area contributed by atoms with Crippen LogP contribution in [-0.4, -0.2) is 4.98 Å². The molecule has 0 fully saturated rings. The van der Waals surface area contributed by atoms with E-state index >= 15 is 0 Å².